The average molecular weight is 409 g/mol. The topological polar surface area (TPSA) is 57.6 Å². The first kappa shape index (κ1) is 19.1. The van der Waals surface area contributed by atoms with E-state index in [1.807, 2.05) is 0 Å². The fourth-order valence-electron chi connectivity index (χ4n) is 2.40. The van der Waals surface area contributed by atoms with Gasteiger partial charge in [0.1, 0.15) is 0 Å². The summed E-state index contributed by atoms with van der Waals surface area (Å²) < 4.78 is 38.7. The van der Waals surface area contributed by atoms with Gasteiger partial charge in [0.05, 0.1) is 21.7 Å². The number of carbonyl (C=O) groups is 2. The van der Waals surface area contributed by atoms with Crippen molar-refractivity contribution in [2.45, 2.75) is 6.18 Å². The molecule has 0 spiro atoms. The Bertz CT molecular complexity index is 969. The average Bonchev–Trinajstić information content (AvgIpc) is 2.88. The van der Waals surface area contributed by atoms with E-state index in [-0.39, 0.29) is 20.4 Å². The number of hydrogen-bond acceptors (Lipinski definition) is 4. The van der Waals surface area contributed by atoms with E-state index in [0.29, 0.717) is 5.69 Å². The van der Waals surface area contributed by atoms with Gasteiger partial charge >= 0.3 is 12.1 Å². The van der Waals surface area contributed by atoms with Gasteiger partial charge in [-0.3, -0.25) is 9.69 Å². The minimum atomic E-state index is -4.48. The Labute approximate surface area is 161 Å². The lowest BCUT2D eigenvalue weighted by Crippen LogP contribution is -2.27. The Kier molecular flexibility index (Phi) is 5.07. The van der Waals surface area contributed by atoms with Crippen LogP contribution in [0.3, 0.4) is 0 Å². The van der Waals surface area contributed by atoms with Crippen LogP contribution in [0.2, 0.25) is 0 Å². The lowest BCUT2D eigenvalue weighted by molar-refractivity contribution is -0.137. The summed E-state index contributed by atoms with van der Waals surface area (Å²) >= 11 is 6.16. The van der Waals surface area contributed by atoms with Crippen LogP contribution in [-0.2, 0) is 11.0 Å². The van der Waals surface area contributed by atoms with Crippen molar-refractivity contribution in [2.75, 3.05) is 4.90 Å². The number of anilines is 1. The second kappa shape index (κ2) is 7.16. The molecule has 9 heteroatoms. The molecule has 3 rings (SSSR count). The minimum Gasteiger partial charge on any atom is -0.478 e. The van der Waals surface area contributed by atoms with E-state index in [4.69, 9.17) is 17.3 Å². The molecule has 27 heavy (non-hydrogen) atoms. The molecule has 0 bridgehead atoms. The summed E-state index contributed by atoms with van der Waals surface area (Å²) in [5.74, 6) is -1.58. The first-order chi connectivity index (χ1) is 12.7. The molecule has 4 nitrogen and oxygen atoms in total. The van der Waals surface area contributed by atoms with Gasteiger partial charge in [0.2, 0.25) is 0 Å². The number of halogens is 3. The molecule has 0 aromatic heterocycles. The predicted octanol–water partition coefficient (Wildman–Crippen LogP) is 4.81. The summed E-state index contributed by atoms with van der Waals surface area (Å²) in [6.45, 7) is 0. The van der Waals surface area contributed by atoms with Gasteiger partial charge < -0.3 is 5.11 Å². The Hall–Kier alpha value is -2.65. The highest BCUT2D eigenvalue weighted by atomic mass is 32.2. The number of aromatic carboxylic acids is 1. The summed E-state index contributed by atoms with van der Waals surface area (Å²) in [7, 11) is 0. The number of alkyl halides is 3. The van der Waals surface area contributed by atoms with Gasteiger partial charge in [-0.15, -0.1) is 0 Å². The molecule has 1 amide bonds. The fourth-order valence-corrected chi connectivity index (χ4v) is 3.70. The lowest BCUT2D eigenvalue weighted by Gasteiger charge is -2.14. The van der Waals surface area contributed by atoms with E-state index < -0.39 is 23.6 Å². The monoisotopic (exact) mass is 409 g/mol. The van der Waals surface area contributed by atoms with Crippen molar-refractivity contribution < 1.29 is 27.9 Å². The maximum absolute atomic E-state index is 12.8. The highest BCUT2D eigenvalue weighted by Crippen LogP contribution is 2.37. The van der Waals surface area contributed by atoms with Crippen LogP contribution in [-0.4, -0.2) is 21.3 Å². The maximum Gasteiger partial charge on any atom is 0.416 e. The number of carbonyl (C=O) groups excluding carboxylic acids is 1. The zero-order chi connectivity index (χ0) is 19.8. The molecule has 2 aromatic rings. The Balaban J connectivity index is 1.90. The van der Waals surface area contributed by atoms with Gasteiger partial charge in [-0.05, 0) is 48.0 Å². The van der Waals surface area contributed by atoms with E-state index >= 15 is 0 Å². The Morgan fingerprint density at radius 1 is 1.15 bits per heavy atom. The number of nitrogens with zero attached hydrogens (tertiary/aromatic N) is 1. The molecule has 0 atom stereocenters. The molecule has 1 N–H and O–H groups in total. The maximum atomic E-state index is 12.8. The summed E-state index contributed by atoms with van der Waals surface area (Å²) in [5.41, 5.74) is -0.138. The molecule has 0 radical (unpaired) electrons. The molecular formula is C18H10F3NO3S2. The largest absolute Gasteiger partial charge is 0.478 e. The molecular weight excluding hydrogens is 399 g/mol. The zero-order valence-electron chi connectivity index (χ0n) is 13.4. The molecule has 1 fully saturated rings. The first-order valence-electron chi connectivity index (χ1n) is 7.45. The van der Waals surface area contributed by atoms with Crippen molar-refractivity contribution in [3.8, 4) is 0 Å². The molecule has 138 valence electrons. The van der Waals surface area contributed by atoms with E-state index in [9.17, 15) is 22.8 Å². The highest BCUT2D eigenvalue weighted by molar-refractivity contribution is 8.27. The van der Waals surface area contributed by atoms with Gasteiger partial charge in [-0.1, -0.05) is 36.1 Å². The van der Waals surface area contributed by atoms with Crippen LogP contribution in [0.4, 0.5) is 18.9 Å². The summed E-state index contributed by atoms with van der Waals surface area (Å²) in [6.07, 6.45) is -3.13. The number of amides is 1. The van der Waals surface area contributed by atoms with E-state index in [1.54, 1.807) is 0 Å². The molecule has 1 saturated heterocycles. The van der Waals surface area contributed by atoms with Crippen LogP contribution < -0.4 is 4.90 Å². The number of rotatable bonds is 3. The van der Waals surface area contributed by atoms with Crippen LogP contribution in [0.1, 0.15) is 21.5 Å². The molecule has 1 heterocycles. The standard InChI is InChI=1S/C18H10F3NO3S2/c19-18(20,21)12-3-1-2-10(8-12)9-14-15(23)22(17(26)27-14)13-6-4-11(5-7-13)16(24)25/h1-9H,(H,24,25)/b14-9+. The van der Waals surface area contributed by atoms with Crippen molar-refractivity contribution in [2.24, 2.45) is 0 Å². The van der Waals surface area contributed by atoms with Crippen LogP contribution in [0.25, 0.3) is 6.08 Å². The van der Waals surface area contributed by atoms with Crippen LogP contribution in [0, 0.1) is 0 Å². The number of hydrogen-bond donors (Lipinski definition) is 1. The van der Waals surface area contributed by atoms with Crippen LogP contribution >= 0.6 is 24.0 Å². The van der Waals surface area contributed by atoms with Crippen LogP contribution in [0.15, 0.2) is 53.4 Å². The zero-order valence-corrected chi connectivity index (χ0v) is 15.0. The summed E-state index contributed by atoms with van der Waals surface area (Å²) in [6, 6.07) is 10.2. The first-order valence-corrected chi connectivity index (χ1v) is 8.68. The number of carboxylic acids is 1. The molecule has 0 aliphatic carbocycles. The third kappa shape index (κ3) is 4.04. The van der Waals surface area contributed by atoms with E-state index in [1.165, 1.54) is 47.4 Å². The van der Waals surface area contributed by atoms with Crippen molar-refractivity contribution in [3.05, 3.63) is 70.1 Å². The third-order valence-corrected chi connectivity index (χ3v) is 4.98. The van der Waals surface area contributed by atoms with Crippen LogP contribution in [0.5, 0.6) is 0 Å². The van der Waals surface area contributed by atoms with Crippen molar-refractivity contribution in [1.29, 1.82) is 0 Å². The second-order valence-electron chi connectivity index (χ2n) is 5.49. The summed E-state index contributed by atoms with van der Waals surface area (Å²) in [4.78, 5) is 24.9. The van der Waals surface area contributed by atoms with Crippen molar-refractivity contribution >= 4 is 51.9 Å². The number of carboxylic acid groups (broad SMARTS) is 1. The minimum absolute atomic E-state index is 0.0590. The highest BCUT2D eigenvalue weighted by Gasteiger charge is 2.34. The quantitative estimate of drug-likeness (QED) is 0.583. The molecule has 1 aliphatic rings. The second-order valence-corrected chi connectivity index (χ2v) is 7.17. The van der Waals surface area contributed by atoms with Gasteiger partial charge in [-0.2, -0.15) is 13.2 Å². The lowest BCUT2D eigenvalue weighted by atomic mass is 10.1. The van der Waals surface area contributed by atoms with Gasteiger partial charge in [0, 0.05) is 0 Å². The molecule has 2 aromatic carbocycles. The number of benzene rings is 2. The van der Waals surface area contributed by atoms with E-state index in [2.05, 4.69) is 0 Å². The smallest absolute Gasteiger partial charge is 0.416 e. The number of thioether (sulfide) groups is 1. The van der Waals surface area contributed by atoms with Gasteiger partial charge in [0.15, 0.2) is 4.32 Å². The third-order valence-electron chi connectivity index (χ3n) is 3.68. The van der Waals surface area contributed by atoms with Crippen molar-refractivity contribution in [3.63, 3.8) is 0 Å². The van der Waals surface area contributed by atoms with E-state index in [0.717, 1.165) is 23.9 Å². The SMILES string of the molecule is O=C(O)c1ccc(N2C(=O)/C(=C\c3cccc(C(F)(F)F)c3)SC2=S)cc1. The van der Waals surface area contributed by atoms with Gasteiger partial charge in [0.25, 0.3) is 5.91 Å². The molecule has 0 saturated carbocycles. The molecule has 1 aliphatic heterocycles. The van der Waals surface area contributed by atoms with Gasteiger partial charge in [-0.25, -0.2) is 4.79 Å². The predicted molar refractivity (Wildman–Crippen MR) is 100 cm³/mol. The molecule has 0 unspecified atom stereocenters. The Morgan fingerprint density at radius 2 is 1.81 bits per heavy atom. The number of thiocarbonyl (C=S) groups is 1. The normalized spacial score (nSPS) is 16.3. The summed E-state index contributed by atoms with van der Waals surface area (Å²) in [5, 5.41) is 8.93. The fraction of sp³-hybridized carbons (Fsp3) is 0.0556. The Morgan fingerprint density at radius 3 is 2.41 bits per heavy atom. The van der Waals surface area contributed by atoms with Crippen molar-refractivity contribution in [1.82, 2.24) is 0 Å².